The maximum absolute atomic E-state index is 12.4. The monoisotopic (exact) mass is 381 g/mol. The molecule has 0 radical (unpaired) electrons. The quantitative estimate of drug-likeness (QED) is 0.568. The molecular formula is C21H23N3O2S. The molecule has 1 heterocycles. The van der Waals surface area contributed by atoms with Crippen LogP contribution in [0, 0.1) is 6.92 Å². The molecule has 0 bridgehead atoms. The second kappa shape index (κ2) is 9.37. The molecule has 0 fully saturated rings. The Morgan fingerprint density at radius 1 is 1.11 bits per heavy atom. The number of thioether (sulfide) groups is 1. The van der Waals surface area contributed by atoms with Crippen molar-refractivity contribution in [3.8, 4) is 11.5 Å². The maximum atomic E-state index is 12.4. The first-order chi connectivity index (χ1) is 13.2. The Kier molecular flexibility index (Phi) is 6.65. The van der Waals surface area contributed by atoms with Crippen LogP contribution in [0.5, 0.6) is 0 Å². The van der Waals surface area contributed by atoms with E-state index in [-0.39, 0.29) is 17.7 Å². The van der Waals surface area contributed by atoms with Crippen LogP contribution in [0.2, 0.25) is 0 Å². The Labute approximate surface area is 163 Å². The summed E-state index contributed by atoms with van der Waals surface area (Å²) >= 11 is 1.25. The van der Waals surface area contributed by atoms with Gasteiger partial charge >= 0.3 is 0 Å². The molecule has 3 rings (SSSR count). The van der Waals surface area contributed by atoms with Crippen LogP contribution in [0.3, 0.4) is 0 Å². The van der Waals surface area contributed by atoms with Gasteiger partial charge in [-0.15, -0.1) is 10.2 Å². The number of amides is 1. The molecule has 27 heavy (non-hydrogen) atoms. The number of nitrogens with one attached hydrogen (secondary N) is 1. The van der Waals surface area contributed by atoms with Crippen molar-refractivity contribution in [2.75, 3.05) is 5.75 Å². The number of benzene rings is 2. The van der Waals surface area contributed by atoms with E-state index >= 15 is 0 Å². The van der Waals surface area contributed by atoms with Crippen LogP contribution in [0.25, 0.3) is 11.5 Å². The van der Waals surface area contributed by atoms with Crippen LogP contribution in [0.4, 0.5) is 0 Å². The van der Waals surface area contributed by atoms with Gasteiger partial charge in [0, 0.05) is 5.56 Å². The third kappa shape index (κ3) is 5.20. The number of rotatable bonds is 8. The van der Waals surface area contributed by atoms with Gasteiger partial charge in [0.05, 0.1) is 11.8 Å². The summed E-state index contributed by atoms with van der Waals surface area (Å²) in [6.07, 6.45) is 1.90. The first-order valence-electron chi connectivity index (χ1n) is 9.04. The SMILES string of the molecule is CCC[C@@H](NC(=O)CSc1nnc(-c2ccccc2C)o1)c1ccccc1. The molecule has 6 heteroatoms. The summed E-state index contributed by atoms with van der Waals surface area (Å²) in [6, 6.07) is 17.9. The van der Waals surface area contributed by atoms with Crippen molar-refractivity contribution in [2.45, 2.75) is 38.0 Å². The largest absolute Gasteiger partial charge is 0.411 e. The van der Waals surface area contributed by atoms with Gasteiger partial charge in [0.1, 0.15) is 0 Å². The van der Waals surface area contributed by atoms with E-state index in [0.717, 1.165) is 29.5 Å². The lowest BCUT2D eigenvalue weighted by Crippen LogP contribution is -2.29. The van der Waals surface area contributed by atoms with Crippen molar-refractivity contribution in [2.24, 2.45) is 0 Å². The fourth-order valence-electron chi connectivity index (χ4n) is 2.85. The molecule has 3 aromatic rings. The summed E-state index contributed by atoms with van der Waals surface area (Å²) in [6.45, 7) is 4.11. The molecule has 0 aliphatic rings. The van der Waals surface area contributed by atoms with Gasteiger partial charge < -0.3 is 9.73 Å². The van der Waals surface area contributed by atoms with E-state index in [4.69, 9.17) is 4.42 Å². The fraction of sp³-hybridized carbons (Fsp3) is 0.286. The van der Waals surface area contributed by atoms with Gasteiger partial charge in [-0.25, -0.2) is 0 Å². The summed E-state index contributed by atoms with van der Waals surface area (Å²) < 4.78 is 5.70. The van der Waals surface area contributed by atoms with Gasteiger partial charge in [0.25, 0.3) is 5.22 Å². The molecule has 1 amide bonds. The Balaban J connectivity index is 1.58. The number of hydrogen-bond acceptors (Lipinski definition) is 5. The van der Waals surface area contributed by atoms with Gasteiger partial charge in [0.2, 0.25) is 11.8 Å². The molecule has 1 atom stereocenters. The summed E-state index contributed by atoms with van der Waals surface area (Å²) in [5.41, 5.74) is 3.10. The topological polar surface area (TPSA) is 68.0 Å². The highest BCUT2D eigenvalue weighted by Gasteiger charge is 2.16. The van der Waals surface area contributed by atoms with Crippen LogP contribution in [-0.2, 0) is 4.79 Å². The zero-order valence-corrected chi connectivity index (χ0v) is 16.3. The lowest BCUT2D eigenvalue weighted by atomic mass is 10.0. The van der Waals surface area contributed by atoms with Crippen molar-refractivity contribution in [3.05, 3.63) is 65.7 Å². The maximum Gasteiger partial charge on any atom is 0.277 e. The molecule has 2 aromatic carbocycles. The van der Waals surface area contributed by atoms with E-state index < -0.39 is 0 Å². The highest BCUT2D eigenvalue weighted by Crippen LogP contribution is 2.25. The Bertz CT molecular complexity index is 880. The molecule has 0 spiro atoms. The minimum Gasteiger partial charge on any atom is -0.411 e. The van der Waals surface area contributed by atoms with E-state index in [2.05, 4.69) is 22.4 Å². The number of aryl methyl sites for hydroxylation is 1. The average molecular weight is 382 g/mol. The van der Waals surface area contributed by atoms with E-state index in [0.29, 0.717) is 11.1 Å². The second-order valence-corrected chi connectivity index (χ2v) is 7.22. The zero-order valence-electron chi connectivity index (χ0n) is 15.5. The lowest BCUT2D eigenvalue weighted by Gasteiger charge is -2.18. The third-order valence-corrected chi connectivity index (χ3v) is 5.04. The van der Waals surface area contributed by atoms with E-state index in [1.807, 2.05) is 61.5 Å². The van der Waals surface area contributed by atoms with E-state index in [9.17, 15) is 4.79 Å². The predicted octanol–water partition coefficient (Wildman–Crippen LogP) is 4.79. The summed E-state index contributed by atoms with van der Waals surface area (Å²) in [5, 5.41) is 11.6. The third-order valence-electron chi connectivity index (χ3n) is 4.22. The standard InChI is InChI=1S/C21H23N3O2S/c1-3-9-18(16-11-5-4-6-12-16)22-19(25)14-27-21-24-23-20(26-21)17-13-8-7-10-15(17)2/h4-8,10-13,18H,3,9,14H2,1-2H3,(H,22,25)/t18-/m1/s1. The summed E-state index contributed by atoms with van der Waals surface area (Å²) in [4.78, 5) is 12.4. The summed E-state index contributed by atoms with van der Waals surface area (Å²) in [7, 11) is 0. The molecule has 0 aliphatic carbocycles. The number of aromatic nitrogens is 2. The second-order valence-electron chi connectivity index (χ2n) is 6.30. The van der Waals surface area contributed by atoms with Crippen molar-refractivity contribution in [3.63, 3.8) is 0 Å². The van der Waals surface area contributed by atoms with Crippen molar-refractivity contribution >= 4 is 17.7 Å². The van der Waals surface area contributed by atoms with E-state index in [1.54, 1.807) is 0 Å². The van der Waals surface area contributed by atoms with Gasteiger partial charge in [0.15, 0.2) is 0 Å². The first-order valence-corrected chi connectivity index (χ1v) is 10.0. The molecular weight excluding hydrogens is 358 g/mol. The minimum absolute atomic E-state index is 0.0227. The van der Waals surface area contributed by atoms with Crippen LogP contribution < -0.4 is 5.32 Å². The Morgan fingerprint density at radius 3 is 2.59 bits per heavy atom. The lowest BCUT2D eigenvalue weighted by molar-refractivity contribution is -0.119. The van der Waals surface area contributed by atoms with Crippen molar-refractivity contribution in [1.29, 1.82) is 0 Å². The minimum atomic E-state index is -0.0436. The number of carbonyl (C=O) groups excluding carboxylic acids is 1. The van der Waals surface area contributed by atoms with Crippen LogP contribution in [0.15, 0.2) is 64.2 Å². The molecule has 0 saturated heterocycles. The molecule has 0 saturated carbocycles. The molecule has 1 aromatic heterocycles. The van der Waals surface area contributed by atoms with Crippen LogP contribution in [-0.4, -0.2) is 21.9 Å². The highest BCUT2D eigenvalue weighted by molar-refractivity contribution is 7.99. The van der Waals surface area contributed by atoms with Gasteiger partial charge in [-0.3, -0.25) is 4.79 Å². The van der Waals surface area contributed by atoms with Crippen molar-refractivity contribution in [1.82, 2.24) is 15.5 Å². The van der Waals surface area contributed by atoms with E-state index in [1.165, 1.54) is 11.8 Å². The highest BCUT2D eigenvalue weighted by atomic mass is 32.2. The number of nitrogens with zero attached hydrogens (tertiary/aromatic N) is 2. The molecule has 0 aliphatic heterocycles. The Hall–Kier alpha value is -2.60. The first kappa shape index (κ1) is 19.2. The predicted molar refractivity (Wildman–Crippen MR) is 107 cm³/mol. The van der Waals surface area contributed by atoms with Crippen molar-refractivity contribution < 1.29 is 9.21 Å². The van der Waals surface area contributed by atoms with Gasteiger partial charge in [-0.2, -0.15) is 0 Å². The van der Waals surface area contributed by atoms with Gasteiger partial charge in [-0.05, 0) is 30.5 Å². The fourth-order valence-corrected chi connectivity index (χ4v) is 3.42. The van der Waals surface area contributed by atoms with Gasteiger partial charge in [-0.1, -0.05) is 73.6 Å². The van der Waals surface area contributed by atoms with Crippen LogP contribution >= 0.6 is 11.8 Å². The summed E-state index contributed by atoms with van der Waals surface area (Å²) in [5.74, 6) is 0.671. The number of carbonyl (C=O) groups is 1. The molecule has 5 nitrogen and oxygen atoms in total. The normalized spacial score (nSPS) is 11.9. The average Bonchev–Trinajstić information content (AvgIpc) is 3.16. The smallest absolute Gasteiger partial charge is 0.277 e. The van der Waals surface area contributed by atoms with Crippen LogP contribution in [0.1, 0.15) is 36.9 Å². The number of hydrogen-bond donors (Lipinski definition) is 1. The molecule has 0 unspecified atom stereocenters. The molecule has 140 valence electrons. The molecule has 1 N–H and O–H groups in total. The zero-order chi connectivity index (χ0) is 19.1. The Morgan fingerprint density at radius 2 is 1.85 bits per heavy atom.